The van der Waals surface area contributed by atoms with Crippen molar-refractivity contribution >= 4 is 23.2 Å². The van der Waals surface area contributed by atoms with Gasteiger partial charge in [-0.3, -0.25) is 9.59 Å². The van der Waals surface area contributed by atoms with E-state index in [0.717, 1.165) is 25.1 Å². The molecule has 0 aliphatic carbocycles. The number of hydrogen-bond donors (Lipinski definition) is 1. The van der Waals surface area contributed by atoms with Crippen LogP contribution in [-0.2, 0) is 11.2 Å². The van der Waals surface area contributed by atoms with Crippen LogP contribution >= 0.6 is 0 Å². The van der Waals surface area contributed by atoms with Gasteiger partial charge in [0.05, 0.1) is 0 Å². The molecule has 2 aromatic carbocycles. The minimum atomic E-state index is -0.0575. The summed E-state index contributed by atoms with van der Waals surface area (Å²) in [4.78, 5) is 26.2. The predicted octanol–water partition coefficient (Wildman–Crippen LogP) is 3.63. The lowest BCUT2D eigenvalue weighted by Crippen LogP contribution is -2.35. The molecule has 118 valence electrons. The van der Waals surface area contributed by atoms with Crippen LogP contribution in [0.2, 0.25) is 0 Å². The van der Waals surface area contributed by atoms with Gasteiger partial charge in [-0.2, -0.15) is 0 Å². The lowest BCUT2D eigenvalue weighted by molar-refractivity contribution is -0.115. The number of amides is 2. The van der Waals surface area contributed by atoms with Gasteiger partial charge >= 0.3 is 0 Å². The van der Waals surface area contributed by atoms with E-state index in [1.54, 1.807) is 31.2 Å². The molecule has 2 amide bonds. The first kappa shape index (κ1) is 15.3. The first-order valence-corrected chi connectivity index (χ1v) is 7.98. The van der Waals surface area contributed by atoms with Gasteiger partial charge in [0.2, 0.25) is 5.91 Å². The molecule has 1 aliphatic rings. The maximum Gasteiger partial charge on any atom is 0.258 e. The summed E-state index contributed by atoms with van der Waals surface area (Å²) < 4.78 is 0. The molecular weight excluding hydrogens is 288 g/mol. The number of carbonyl (C=O) groups is 2. The molecular formula is C19H20N2O2. The summed E-state index contributed by atoms with van der Waals surface area (Å²) in [6.07, 6.45) is 2.39. The molecule has 2 aromatic rings. The van der Waals surface area contributed by atoms with Crippen LogP contribution in [0.25, 0.3) is 0 Å². The number of fused-ring (bicyclic) bond motifs is 1. The summed E-state index contributed by atoms with van der Waals surface area (Å²) in [6.45, 7) is 2.52. The molecule has 0 saturated carbocycles. The van der Waals surface area contributed by atoms with E-state index >= 15 is 0 Å². The molecule has 3 rings (SSSR count). The number of aryl methyl sites for hydroxylation is 1. The average Bonchev–Trinajstić information content (AvgIpc) is 2.60. The molecule has 0 atom stereocenters. The van der Waals surface area contributed by atoms with Crippen LogP contribution in [-0.4, -0.2) is 18.4 Å². The van der Waals surface area contributed by atoms with Crippen LogP contribution in [0.15, 0.2) is 48.5 Å². The highest BCUT2D eigenvalue weighted by atomic mass is 16.2. The number of rotatable bonds is 3. The number of nitrogens with one attached hydrogen (secondary N) is 1. The van der Waals surface area contributed by atoms with Crippen molar-refractivity contribution in [2.75, 3.05) is 16.8 Å². The van der Waals surface area contributed by atoms with Gasteiger partial charge in [-0.05, 0) is 42.7 Å². The number of carbonyl (C=O) groups excluding carboxylic acids is 2. The Labute approximate surface area is 136 Å². The Morgan fingerprint density at radius 3 is 2.78 bits per heavy atom. The molecule has 1 N–H and O–H groups in total. The number of nitrogens with zero attached hydrogens (tertiary/aromatic N) is 1. The second-order valence-electron chi connectivity index (χ2n) is 5.67. The highest BCUT2D eigenvalue weighted by Gasteiger charge is 2.23. The molecule has 0 saturated heterocycles. The number of anilines is 2. The molecule has 4 heteroatoms. The summed E-state index contributed by atoms with van der Waals surface area (Å²) in [5, 5.41) is 2.80. The Bertz CT molecular complexity index is 740. The van der Waals surface area contributed by atoms with E-state index in [4.69, 9.17) is 0 Å². The zero-order valence-corrected chi connectivity index (χ0v) is 13.2. The number of para-hydroxylation sites is 1. The van der Waals surface area contributed by atoms with Crippen LogP contribution < -0.4 is 10.2 Å². The maximum absolute atomic E-state index is 12.9. The molecule has 0 aromatic heterocycles. The third-order valence-electron chi connectivity index (χ3n) is 4.07. The Hall–Kier alpha value is -2.62. The van der Waals surface area contributed by atoms with Crippen molar-refractivity contribution in [1.82, 2.24) is 0 Å². The van der Waals surface area contributed by atoms with E-state index in [1.807, 2.05) is 23.1 Å². The molecule has 0 radical (unpaired) electrons. The largest absolute Gasteiger partial charge is 0.326 e. The lowest BCUT2D eigenvalue weighted by atomic mass is 10.0. The Morgan fingerprint density at radius 2 is 1.96 bits per heavy atom. The van der Waals surface area contributed by atoms with E-state index in [2.05, 4.69) is 11.4 Å². The summed E-state index contributed by atoms with van der Waals surface area (Å²) in [5.41, 5.74) is 3.46. The van der Waals surface area contributed by atoms with Crippen molar-refractivity contribution in [3.05, 3.63) is 59.7 Å². The Kier molecular flexibility index (Phi) is 4.42. The molecule has 1 heterocycles. The van der Waals surface area contributed by atoms with Crippen LogP contribution in [0.3, 0.4) is 0 Å². The first-order valence-electron chi connectivity index (χ1n) is 7.98. The van der Waals surface area contributed by atoms with Crippen molar-refractivity contribution in [2.24, 2.45) is 0 Å². The summed E-state index contributed by atoms with van der Waals surface area (Å²) >= 11 is 0. The van der Waals surface area contributed by atoms with E-state index in [-0.39, 0.29) is 11.8 Å². The fourth-order valence-electron chi connectivity index (χ4n) is 2.88. The molecule has 1 aliphatic heterocycles. The normalized spacial score (nSPS) is 13.3. The minimum Gasteiger partial charge on any atom is -0.326 e. The van der Waals surface area contributed by atoms with E-state index in [1.165, 1.54) is 5.56 Å². The third-order valence-corrected chi connectivity index (χ3v) is 4.07. The average molecular weight is 308 g/mol. The maximum atomic E-state index is 12.9. The van der Waals surface area contributed by atoms with Crippen molar-refractivity contribution in [3.63, 3.8) is 0 Å². The second-order valence-corrected chi connectivity index (χ2v) is 5.67. The van der Waals surface area contributed by atoms with E-state index in [9.17, 15) is 9.59 Å². The predicted molar refractivity (Wildman–Crippen MR) is 91.8 cm³/mol. The van der Waals surface area contributed by atoms with Crippen LogP contribution in [0, 0.1) is 0 Å². The van der Waals surface area contributed by atoms with Gasteiger partial charge in [-0.15, -0.1) is 0 Å². The van der Waals surface area contributed by atoms with Gasteiger partial charge in [0.25, 0.3) is 5.91 Å². The van der Waals surface area contributed by atoms with Gasteiger partial charge in [0, 0.05) is 29.9 Å². The first-order chi connectivity index (χ1) is 11.2. The molecule has 0 fully saturated rings. The quantitative estimate of drug-likeness (QED) is 0.941. The zero-order valence-electron chi connectivity index (χ0n) is 13.2. The minimum absolute atomic E-state index is 0.0234. The van der Waals surface area contributed by atoms with E-state index < -0.39 is 0 Å². The van der Waals surface area contributed by atoms with Gasteiger partial charge in [0.1, 0.15) is 0 Å². The van der Waals surface area contributed by atoms with Crippen molar-refractivity contribution in [2.45, 2.75) is 26.2 Å². The number of hydrogen-bond acceptors (Lipinski definition) is 2. The van der Waals surface area contributed by atoms with Crippen molar-refractivity contribution in [1.29, 1.82) is 0 Å². The summed E-state index contributed by atoms with van der Waals surface area (Å²) in [5.74, 6) is -0.0809. The summed E-state index contributed by atoms with van der Waals surface area (Å²) in [7, 11) is 0. The SMILES string of the molecule is CCC(=O)Nc1cccc(C(=O)N2CCCc3ccccc32)c1. The monoisotopic (exact) mass is 308 g/mol. The molecule has 0 unspecified atom stereocenters. The van der Waals surface area contributed by atoms with Crippen LogP contribution in [0.5, 0.6) is 0 Å². The molecule has 0 spiro atoms. The summed E-state index contributed by atoms with van der Waals surface area (Å²) in [6, 6.07) is 15.2. The van der Waals surface area contributed by atoms with Crippen molar-refractivity contribution < 1.29 is 9.59 Å². The van der Waals surface area contributed by atoms with Crippen LogP contribution in [0.4, 0.5) is 11.4 Å². The lowest BCUT2D eigenvalue weighted by Gasteiger charge is -2.29. The van der Waals surface area contributed by atoms with Gasteiger partial charge < -0.3 is 10.2 Å². The third kappa shape index (κ3) is 3.26. The standard InChI is InChI=1S/C19H20N2O2/c1-2-18(22)20-16-10-5-8-15(13-16)19(23)21-12-6-9-14-7-3-4-11-17(14)21/h3-5,7-8,10-11,13H,2,6,9,12H2,1H3,(H,20,22). The van der Waals surface area contributed by atoms with Gasteiger partial charge in [-0.25, -0.2) is 0 Å². The fraction of sp³-hybridized carbons (Fsp3) is 0.263. The Balaban J connectivity index is 1.87. The van der Waals surface area contributed by atoms with Gasteiger partial charge in [0.15, 0.2) is 0 Å². The molecule has 0 bridgehead atoms. The van der Waals surface area contributed by atoms with Gasteiger partial charge in [-0.1, -0.05) is 31.2 Å². The smallest absolute Gasteiger partial charge is 0.258 e. The highest BCUT2D eigenvalue weighted by Crippen LogP contribution is 2.28. The number of benzene rings is 2. The van der Waals surface area contributed by atoms with Crippen LogP contribution in [0.1, 0.15) is 35.7 Å². The zero-order chi connectivity index (χ0) is 16.2. The topological polar surface area (TPSA) is 49.4 Å². The second kappa shape index (κ2) is 6.65. The van der Waals surface area contributed by atoms with E-state index in [0.29, 0.717) is 17.7 Å². The molecule has 4 nitrogen and oxygen atoms in total. The molecule has 23 heavy (non-hydrogen) atoms. The van der Waals surface area contributed by atoms with Crippen molar-refractivity contribution in [3.8, 4) is 0 Å². The Morgan fingerprint density at radius 1 is 1.13 bits per heavy atom. The highest BCUT2D eigenvalue weighted by molar-refractivity contribution is 6.07. The fourth-order valence-corrected chi connectivity index (χ4v) is 2.88.